The Labute approximate surface area is 97.8 Å². The first-order valence-corrected chi connectivity index (χ1v) is 5.78. The maximum Gasteiger partial charge on any atom is 0.0469 e. The molecule has 0 bridgehead atoms. The van der Waals surface area contributed by atoms with Gasteiger partial charge in [-0.2, -0.15) is 0 Å². The van der Waals surface area contributed by atoms with E-state index in [1.807, 2.05) is 12.1 Å². The molecule has 3 heteroatoms. The fourth-order valence-corrected chi connectivity index (χ4v) is 2.82. The maximum atomic E-state index is 6.30. The van der Waals surface area contributed by atoms with E-state index in [1.54, 1.807) is 0 Å². The number of hydrogen-bond acceptors (Lipinski definition) is 1. The van der Waals surface area contributed by atoms with Crippen LogP contribution in [0.5, 0.6) is 0 Å². The van der Waals surface area contributed by atoms with Crippen molar-refractivity contribution in [3.8, 4) is 0 Å². The Morgan fingerprint density at radius 3 is 2.36 bits per heavy atom. The Morgan fingerprint density at radius 1 is 1.36 bits per heavy atom. The Bertz CT molecular complexity index is 369. The normalized spacial score (nSPS) is 28.9. The summed E-state index contributed by atoms with van der Waals surface area (Å²) in [7, 11) is 0. The Morgan fingerprint density at radius 2 is 1.93 bits per heavy atom. The molecule has 0 amide bonds. The second-order valence-electron chi connectivity index (χ2n) is 4.69. The molecule has 0 heterocycles. The van der Waals surface area contributed by atoms with Gasteiger partial charge in [-0.05, 0) is 35.6 Å². The summed E-state index contributed by atoms with van der Waals surface area (Å²) in [6.45, 7) is 4.36. The SMILES string of the molecule is CC1(C)CC1(N)c1cc(Cl)cc(Br)c1. The molecule has 0 aromatic heterocycles. The lowest BCUT2D eigenvalue weighted by molar-refractivity contribution is 0.510. The molecule has 0 spiro atoms. The van der Waals surface area contributed by atoms with Crippen molar-refractivity contribution in [2.45, 2.75) is 25.8 Å². The second kappa shape index (κ2) is 2.97. The first-order chi connectivity index (χ1) is 6.35. The van der Waals surface area contributed by atoms with Gasteiger partial charge in [-0.3, -0.25) is 0 Å². The monoisotopic (exact) mass is 273 g/mol. The lowest BCUT2D eigenvalue weighted by Crippen LogP contribution is -2.25. The fourth-order valence-electron chi connectivity index (χ4n) is 1.96. The van der Waals surface area contributed by atoms with Crippen molar-refractivity contribution >= 4 is 27.5 Å². The summed E-state index contributed by atoms with van der Waals surface area (Å²) in [6.07, 6.45) is 1.02. The first kappa shape index (κ1) is 10.5. The molecule has 1 aromatic carbocycles. The zero-order chi connectivity index (χ0) is 10.6. The largest absolute Gasteiger partial charge is 0.321 e. The quantitative estimate of drug-likeness (QED) is 0.830. The average Bonchev–Trinajstić information content (AvgIpc) is 2.50. The molecular weight excluding hydrogens is 261 g/mol. The molecule has 0 aliphatic heterocycles. The molecule has 1 atom stereocenters. The summed E-state index contributed by atoms with van der Waals surface area (Å²) in [5.74, 6) is 0. The molecule has 2 rings (SSSR count). The van der Waals surface area contributed by atoms with Crippen molar-refractivity contribution in [1.29, 1.82) is 0 Å². The molecule has 1 aromatic rings. The third kappa shape index (κ3) is 1.50. The lowest BCUT2D eigenvalue weighted by atomic mass is 9.97. The number of hydrogen-bond donors (Lipinski definition) is 1. The molecule has 1 nitrogen and oxygen atoms in total. The minimum atomic E-state index is -0.194. The van der Waals surface area contributed by atoms with Crippen LogP contribution in [0.1, 0.15) is 25.8 Å². The smallest absolute Gasteiger partial charge is 0.0469 e. The van der Waals surface area contributed by atoms with Gasteiger partial charge in [0.05, 0.1) is 0 Å². The predicted octanol–water partition coefficient (Wildman–Crippen LogP) is 3.69. The minimum Gasteiger partial charge on any atom is -0.321 e. The van der Waals surface area contributed by atoms with Gasteiger partial charge >= 0.3 is 0 Å². The molecule has 0 saturated heterocycles. The summed E-state index contributed by atoms with van der Waals surface area (Å²) in [5, 5.41) is 0.738. The number of nitrogens with two attached hydrogens (primary N) is 1. The van der Waals surface area contributed by atoms with E-state index in [2.05, 4.69) is 35.8 Å². The van der Waals surface area contributed by atoms with E-state index in [0.29, 0.717) is 0 Å². The van der Waals surface area contributed by atoms with Gasteiger partial charge in [-0.1, -0.05) is 41.4 Å². The summed E-state index contributed by atoms with van der Waals surface area (Å²) in [5.41, 5.74) is 7.43. The van der Waals surface area contributed by atoms with Gasteiger partial charge in [0.1, 0.15) is 0 Å². The molecule has 1 saturated carbocycles. The molecule has 1 aliphatic rings. The van der Waals surface area contributed by atoms with E-state index in [9.17, 15) is 0 Å². The number of rotatable bonds is 1. The highest BCUT2D eigenvalue weighted by Gasteiger charge is 2.59. The third-order valence-corrected chi connectivity index (χ3v) is 3.86. The second-order valence-corrected chi connectivity index (χ2v) is 6.04. The van der Waals surface area contributed by atoms with E-state index >= 15 is 0 Å². The van der Waals surface area contributed by atoms with Gasteiger partial charge in [0.15, 0.2) is 0 Å². The zero-order valence-corrected chi connectivity index (χ0v) is 10.6. The molecule has 0 radical (unpaired) electrons. The van der Waals surface area contributed by atoms with Crippen LogP contribution in [0.25, 0.3) is 0 Å². The van der Waals surface area contributed by atoms with E-state index in [-0.39, 0.29) is 11.0 Å². The molecule has 2 N–H and O–H groups in total. The fraction of sp³-hybridized carbons (Fsp3) is 0.455. The standard InChI is InChI=1S/C11H13BrClN/c1-10(2)6-11(10,14)7-3-8(12)5-9(13)4-7/h3-5H,6,14H2,1-2H3. The minimum absolute atomic E-state index is 0.192. The topological polar surface area (TPSA) is 26.0 Å². The van der Waals surface area contributed by atoms with Crippen molar-refractivity contribution in [3.63, 3.8) is 0 Å². The Kier molecular flexibility index (Phi) is 2.22. The predicted molar refractivity (Wildman–Crippen MR) is 63.4 cm³/mol. The molecule has 76 valence electrons. The van der Waals surface area contributed by atoms with Crippen LogP contribution < -0.4 is 5.73 Å². The van der Waals surface area contributed by atoms with Crippen LogP contribution in [0, 0.1) is 5.41 Å². The number of benzene rings is 1. The first-order valence-electron chi connectivity index (χ1n) is 4.61. The lowest BCUT2D eigenvalue weighted by Gasteiger charge is -2.16. The van der Waals surface area contributed by atoms with Gasteiger partial charge in [0.2, 0.25) is 0 Å². The van der Waals surface area contributed by atoms with Crippen LogP contribution in [-0.4, -0.2) is 0 Å². The van der Waals surface area contributed by atoms with Crippen LogP contribution in [0.2, 0.25) is 5.02 Å². The highest BCUT2D eigenvalue weighted by molar-refractivity contribution is 9.10. The summed E-state index contributed by atoms with van der Waals surface area (Å²) in [6, 6.07) is 5.89. The van der Waals surface area contributed by atoms with Crippen LogP contribution in [0.3, 0.4) is 0 Å². The van der Waals surface area contributed by atoms with Gasteiger partial charge < -0.3 is 5.73 Å². The van der Waals surface area contributed by atoms with Crippen molar-refractivity contribution in [2.75, 3.05) is 0 Å². The van der Waals surface area contributed by atoms with E-state index in [0.717, 1.165) is 21.5 Å². The summed E-state index contributed by atoms with van der Waals surface area (Å²) < 4.78 is 0.993. The van der Waals surface area contributed by atoms with Crippen LogP contribution in [0.15, 0.2) is 22.7 Å². The van der Waals surface area contributed by atoms with Gasteiger partial charge in [-0.15, -0.1) is 0 Å². The molecule has 1 fully saturated rings. The van der Waals surface area contributed by atoms with E-state index in [1.165, 1.54) is 0 Å². The molecule has 1 aliphatic carbocycles. The van der Waals surface area contributed by atoms with Crippen LogP contribution in [0.4, 0.5) is 0 Å². The maximum absolute atomic E-state index is 6.30. The highest BCUT2D eigenvalue weighted by Crippen LogP contribution is 2.60. The molecule has 1 unspecified atom stereocenters. The van der Waals surface area contributed by atoms with E-state index in [4.69, 9.17) is 17.3 Å². The van der Waals surface area contributed by atoms with Crippen molar-refractivity contribution in [2.24, 2.45) is 11.1 Å². The van der Waals surface area contributed by atoms with Crippen LogP contribution >= 0.6 is 27.5 Å². The zero-order valence-electron chi connectivity index (χ0n) is 8.27. The highest BCUT2D eigenvalue weighted by atomic mass is 79.9. The number of halogens is 2. The van der Waals surface area contributed by atoms with Crippen molar-refractivity contribution < 1.29 is 0 Å². The van der Waals surface area contributed by atoms with E-state index < -0.39 is 0 Å². The molecule has 14 heavy (non-hydrogen) atoms. The van der Waals surface area contributed by atoms with Crippen molar-refractivity contribution in [3.05, 3.63) is 33.3 Å². The van der Waals surface area contributed by atoms with Gasteiger partial charge in [-0.25, -0.2) is 0 Å². The van der Waals surface area contributed by atoms with Gasteiger partial charge in [0, 0.05) is 15.0 Å². The summed E-state index contributed by atoms with van der Waals surface area (Å²) >= 11 is 9.42. The average molecular weight is 275 g/mol. The van der Waals surface area contributed by atoms with Crippen molar-refractivity contribution in [1.82, 2.24) is 0 Å². The Balaban J connectivity index is 2.44. The molecular formula is C11H13BrClN. The van der Waals surface area contributed by atoms with Gasteiger partial charge in [0.25, 0.3) is 0 Å². The van der Waals surface area contributed by atoms with Crippen LogP contribution in [-0.2, 0) is 5.54 Å². The third-order valence-electron chi connectivity index (χ3n) is 3.18. The summed E-state index contributed by atoms with van der Waals surface area (Å²) in [4.78, 5) is 0. The Hall–Kier alpha value is -0.0500.